The van der Waals surface area contributed by atoms with Crippen molar-refractivity contribution in [3.8, 4) is 6.07 Å². The van der Waals surface area contributed by atoms with Crippen LogP contribution < -0.4 is 5.32 Å². The molecule has 0 bridgehead atoms. The maximum absolute atomic E-state index is 13.1. The molecule has 19 heavy (non-hydrogen) atoms. The van der Waals surface area contributed by atoms with Gasteiger partial charge in [-0.25, -0.2) is 0 Å². The minimum atomic E-state index is -1.07. The van der Waals surface area contributed by atoms with Crippen LogP contribution in [-0.2, 0) is 0 Å². The van der Waals surface area contributed by atoms with Crippen molar-refractivity contribution in [1.82, 2.24) is 5.32 Å². The number of carbonyl (C=O) groups is 1. The minimum absolute atomic E-state index is 0.0666. The molecule has 0 aliphatic rings. The lowest BCUT2D eigenvalue weighted by molar-refractivity contribution is -0.387. The Hall–Kier alpha value is -2.49. The van der Waals surface area contributed by atoms with Crippen LogP contribution >= 0.6 is 0 Å². The Bertz CT molecular complexity index is 568. The summed E-state index contributed by atoms with van der Waals surface area (Å²) in [5.74, 6) is -1.67. The first-order chi connectivity index (χ1) is 8.83. The Labute approximate surface area is 109 Å². The van der Waals surface area contributed by atoms with E-state index in [4.69, 9.17) is 5.26 Å². The van der Waals surface area contributed by atoms with Crippen LogP contribution in [0.15, 0.2) is 18.2 Å². The Kier molecular flexibility index (Phi) is 4.17. The smallest absolute Gasteiger partial charge is 0.305 e. The summed E-state index contributed by atoms with van der Waals surface area (Å²) < 4.78 is 13.1. The van der Waals surface area contributed by atoms with Gasteiger partial charge in [0, 0.05) is 11.6 Å². The largest absolute Gasteiger partial charge is 0.334 e. The number of nitro groups is 1. The number of nitrogens with one attached hydrogen (secondary N) is 1. The van der Waals surface area contributed by atoms with Crippen molar-refractivity contribution >= 4 is 11.6 Å². The maximum Gasteiger partial charge on any atom is 0.305 e. The van der Waals surface area contributed by atoms with Gasteiger partial charge in [0.1, 0.15) is 5.54 Å². The number of nitriles is 1. The molecule has 0 fully saturated rings. The Morgan fingerprint density at radius 3 is 2.74 bits per heavy atom. The van der Waals surface area contributed by atoms with Gasteiger partial charge in [-0.1, -0.05) is 6.92 Å². The van der Waals surface area contributed by atoms with Gasteiger partial charge in [0.25, 0.3) is 5.91 Å². The normalized spacial score (nSPS) is 13.2. The number of nitrogens with zero attached hydrogens (tertiary/aromatic N) is 2. The summed E-state index contributed by atoms with van der Waals surface area (Å²) in [4.78, 5) is 21.5. The number of benzene rings is 1. The van der Waals surface area contributed by atoms with E-state index < -0.39 is 27.9 Å². The van der Waals surface area contributed by atoms with E-state index in [0.717, 1.165) is 18.2 Å². The second kappa shape index (κ2) is 5.44. The van der Waals surface area contributed by atoms with Crippen molar-refractivity contribution in [2.45, 2.75) is 25.8 Å². The lowest BCUT2D eigenvalue weighted by Crippen LogP contribution is -2.44. The van der Waals surface area contributed by atoms with Crippen molar-refractivity contribution in [3.63, 3.8) is 0 Å². The highest BCUT2D eigenvalue weighted by Gasteiger charge is 2.25. The van der Waals surface area contributed by atoms with Gasteiger partial charge in [-0.15, -0.1) is 0 Å². The topological polar surface area (TPSA) is 96.0 Å². The van der Waals surface area contributed by atoms with Gasteiger partial charge >= 0.3 is 5.69 Å². The zero-order valence-corrected chi connectivity index (χ0v) is 10.4. The summed E-state index contributed by atoms with van der Waals surface area (Å²) in [6.07, 6.45) is 0.374. The zero-order valence-electron chi connectivity index (χ0n) is 10.4. The van der Waals surface area contributed by atoms with Crippen LogP contribution in [0.4, 0.5) is 10.1 Å². The fourth-order valence-corrected chi connectivity index (χ4v) is 1.31. The fraction of sp³-hybridized carbons (Fsp3) is 0.333. The number of amides is 1. The quantitative estimate of drug-likeness (QED) is 0.666. The van der Waals surface area contributed by atoms with Crippen molar-refractivity contribution in [2.24, 2.45) is 0 Å². The molecule has 1 amide bonds. The van der Waals surface area contributed by atoms with Gasteiger partial charge < -0.3 is 5.32 Å². The van der Waals surface area contributed by atoms with E-state index >= 15 is 0 Å². The van der Waals surface area contributed by atoms with Gasteiger partial charge in [-0.05, 0) is 25.5 Å². The minimum Gasteiger partial charge on any atom is -0.334 e. The highest BCUT2D eigenvalue weighted by atomic mass is 19.1. The SMILES string of the molecule is CCC(C)(C#N)NC(=O)c1ccc(F)c([N+](=O)[O-])c1. The average molecular weight is 265 g/mol. The number of halogens is 1. The molecule has 1 rings (SSSR count). The molecule has 0 saturated heterocycles. The van der Waals surface area contributed by atoms with Crippen LogP contribution in [0.25, 0.3) is 0 Å². The summed E-state index contributed by atoms with van der Waals surface area (Å²) in [5.41, 5.74) is -1.91. The molecule has 6 nitrogen and oxygen atoms in total. The summed E-state index contributed by atoms with van der Waals surface area (Å²) in [7, 11) is 0. The van der Waals surface area contributed by atoms with Crippen molar-refractivity contribution in [1.29, 1.82) is 5.26 Å². The Balaban J connectivity index is 3.05. The molecule has 0 aliphatic heterocycles. The molecule has 0 heterocycles. The molecular weight excluding hydrogens is 253 g/mol. The predicted octanol–water partition coefficient (Wildman–Crippen LogP) is 2.16. The summed E-state index contributed by atoms with van der Waals surface area (Å²) in [5, 5.41) is 22.0. The molecule has 1 N–H and O–H groups in total. The van der Waals surface area contributed by atoms with Crippen LogP contribution in [0, 0.1) is 27.3 Å². The zero-order chi connectivity index (χ0) is 14.6. The highest BCUT2D eigenvalue weighted by molar-refractivity contribution is 5.95. The van der Waals surface area contributed by atoms with E-state index in [2.05, 4.69) is 5.32 Å². The standard InChI is InChI=1S/C12H12FN3O3/c1-3-12(2,7-14)15-11(17)8-4-5-9(13)10(6-8)16(18)19/h4-6H,3H2,1-2H3,(H,15,17). The van der Waals surface area contributed by atoms with E-state index in [1.54, 1.807) is 6.92 Å². The van der Waals surface area contributed by atoms with Crippen molar-refractivity contribution in [3.05, 3.63) is 39.7 Å². The van der Waals surface area contributed by atoms with Gasteiger partial charge in [-0.3, -0.25) is 14.9 Å². The molecule has 0 radical (unpaired) electrons. The highest BCUT2D eigenvalue weighted by Crippen LogP contribution is 2.19. The first-order valence-corrected chi connectivity index (χ1v) is 5.50. The molecule has 1 aromatic rings. The average Bonchev–Trinajstić information content (AvgIpc) is 2.38. The molecule has 100 valence electrons. The van der Waals surface area contributed by atoms with E-state index in [9.17, 15) is 19.3 Å². The second-order valence-corrected chi connectivity index (χ2v) is 4.17. The summed E-state index contributed by atoms with van der Waals surface area (Å²) in [6, 6.07) is 4.76. The third kappa shape index (κ3) is 3.25. The third-order valence-electron chi connectivity index (χ3n) is 2.75. The van der Waals surface area contributed by atoms with E-state index in [-0.39, 0.29) is 5.56 Å². The summed E-state index contributed by atoms with van der Waals surface area (Å²) in [6.45, 7) is 3.25. The van der Waals surface area contributed by atoms with Crippen molar-refractivity contribution < 1.29 is 14.1 Å². The molecule has 7 heteroatoms. The molecule has 1 aromatic carbocycles. The van der Waals surface area contributed by atoms with E-state index in [0.29, 0.717) is 6.42 Å². The van der Waals surface area contributed by atoms with Crippen LogP contribution in [0.3, 0.4) is 0 Å². The van der Waals surface area contributed by atoms with Gasteiger partial charge in [-0.2, -0.15) is 9.65 Å². The maximum atomic E-state index is 13.1. The number of rotatable bonds is 4. The molecule has 0 aromatic heterocycles. The molecule has 1 unspecified atom stereocenters. The molecule has 0 saturated carbocycles. The molecule has 1 atom stereocenters. The first kappa shape index (κ1) is 14.6. The first-order valence-electron chi connectivity index (χ1n) is 5.50. The van der Waals surface area contributed by atoms with Crippen LogP contribution in [0.2, 0.25) is 0 Å². The van der Waals surface area contributed by atoms with E-state index in [1.807, 2.05) is 6.07 Å². The fourth-order valence-electron chi connectivity index (χ4n) is 1.31. The molecule has 0 spiro atoms. The lowest BCUT2D eigenvalue weighted by atomic mass is 10.0. The monoisotopic (exact) mass is 265 g/mol. The van der Waals surface area contributed by atoms with Crippen LogP contribution in [0.1, 0.15) is 30.6 Å². The lowest BCUT2D eigenvalue weighted by Gasteiger charge is -2.21. The van der Waals surface area contributed by atoms with Crippen LogP contribution in [-0.4, -0.2) is 16.4 Å². The predicted molar refractivity (Wildman–Crippen MR) is 64.8 cm³/mol. The van der Waals surface area contributed by atoms with E-state index in [1.165, 1.54) is 6.92 Å². The van der Waals surface area contributed by atoms with Crippen molar-refractivity contribution in [2.75, 3.05) is 0 Å². The summed E-state index contributed by atoms with van der Waals surface area (Å²) >= 11 is 0. The van der Waals surface area contributed by atoms with Gasteiger partial charge in [0.2, 0.25) is 5.82 Å². The number of hydrogen-bond donors (Lipinski definition) is 1. The number of carbonyl (C=O) groups excluding carboxylic acids is 1. The second-order valence-electron chi connectivity index (χ2n) is 4.17. The third-order valence-corrected chi connectivity index (χ3v) is 2.75. The number of hydrogen-bond acceptors (Lipinski definition) is 4. The molecular formula is C12H12FN3O3. The van der Waals surface area contributed by atoms with Crippen LogP contribution in [0.5, 0.6) is 0 Å². The van der Waals surface area contributed by atoms with Gasteiger partial charge in [0.05, 0.1) is 11.0 Å². The Morgan fingerprint density at radius 1 is 1.63 bits per heavy atom. The number of nitro benzene ring substituents is 1. The molecule has 0 aliphatic carbocycles. The Morgan fingerprint density at radius 2 is 2.26 bits per heavy atom. The van der Waals surface area contributed by atoms with Gasteiger partial charge in [0.15, 0.2) is 0 Å².